The highest BCUT2D eigenvalue weighted by atomic mass is 16.4. The number of likely N-dealkylation sites (N-methyl/N-ethyl adjacent to an activating group) is 2. The van der Waals surface area contributed by atoms with E-state index in [4.69, 9.17) is 25.6 Å². The number of carbonyl (C=O) groups excluding carboxylic acids is 3. The predicted molar refractivity (Wildman–Crippen MR) is 219 cm³/mol. The lowest BCUT2D eigenvalue weighted by Crippen LogP contribution is -2.54. The Hall–Kier alpha value is -6.10. The van der Waals surface area contributed by atoms with Crippen molar-refractivity contribution < 1.29 is 24.3 Å². The Balaban J connectivity index is 0.000000232. The van der Waals surface area contributed by atoms with Crippen LogP contribution in [-0.2, 0) is 32.3 Å². The highest BCUT2D eigenvalue weighted by Crippen LogP contribution is 2.38. The Morgan fingerprint density at radius 3 is 1.53 bits per heavy atom. The van der Waals surface area contributed by atoms with E-state index in [2.05, 4.69) is 62.7 Å². The van der Waals surface area contributed by atoms with Crippen LogP contribution in [0.25, 0.3) is 22.8 Å². The van der Waals surface area contributed by atoms with Gasteiger partial charge in [0.25, 0.3) is 5.97 Å². The average Bonchev–Trinajstić information content (AvgIpc) is 3.18. The zero-order valence-electron chi connectivity index (χ0n) is 34.4. The Bertz CT molecular complexity index is 2070. The second-order valence-corrected chi connectivity index (χ2v) is 14.1. The molecule has 3 amide bonds. The molecule has 2 aliphatic heterocycles. The van der Waals surface area contributed by atoms with Gasteiger partial charge in [0.15, 0.2) is 23.3 Å². The molecule has 0 saturated carbocycles. The molecule has 6 rings (SSSR count). The summed E-state index contributed by atoms with van der Waals surface area (Å²) in [6, 6.07) is 3.51. The van der Waals surface area contributed by atoms with Crippen LogP contribution in [-0.4, -0.2) is 97.0 Å². The van der Waals surface area contributed by atoms with Crippen molar-refractivity contribution in [3.63, 3.8) is 0 Å². The van der Waals surface area contributed by atoms with E-state index < -0.39 is 5.97 Å². The molecule has 0 unspecified atom stereocenters. The average molecular weight is 783 g/mol. The molecule has 0 bridgehead atoms. The van der Waals surface area contributed by atoms with Gasteiger partial charge >= 0.3 is 0 Å². The molecule has 4 aromatic heterocycles. The topological polar surface area (TPSA) is 217 Å². The van der Waals surface area contributed by atoms with Crippen LogP contribution in [0.2, 0.25) is 0 Å². The maximum Gasteiger partial charge on any atom is 0.300 e. The van der Waals surface area contributed by atoms with Gasteiger partial charge in [-0.05, 0) is 58.2 Å². The maximum absolute atomic E-state index is 12.8. The minimum Gasteiger partial charge on any atom is -0.481 e. The van der Waals surface area contributed by atoms with Crippen LogP contribution < -0.4 is 30.7 Å². The first kappa shape index (κ1) is 43.6. The van der Waals surface area contributed by atoms with Crippen LogP contribution in [0.4, 0.5) is 23.0 Å². The molecule has 2 aliphatic rings. The lowest BCUT2D eigenvalue weighted by molar-refractivity contribution is -0.134. The third-order valence-electron chi connectivity index (χ3n) is 9.54. The van der Waals surface area contributed by atoms with E-state index in [9.17, 15) is 14.4 Å². The molecule has 17 nitrogen and oxygen atoms in total. The van der Waals surface area contributed by atoms with Crippen molar-refractivity contribution in [1.82, 2.24) is 35.2 Å². The van der Waals surface area contributed by atoms with Crippen molar-refractivity contribution in [1.29, 1.82) is 0 Å². The summed E-state index contributed by atoms with van der Waals surface area (Å²) in [6.07, 6.45) is 11.7. The molecule has 0 aromatic carbocycles. The second kappa shape index (κ2) is 19.2. The molecule has 0 spiro atoms. The normalized spacial score (nSPS) is 16.0. The highest BCUT2D eigenvalue weighted by Gasteiger charge is 2.39. The Labute approximate surface area is 333 Å². The van der Waals surface area contributed by atoms with Crippen molar-refractivity contribution in [2.24, 2.45) is 5.73 Å². The standard InChI is InChI=1S/C20H26N6O2.C18H24N6O.C2H4O2/c1-6-16-20(28)25(5)17-11-23-18(24-19(17)26(16)12(2)3)15-7-8-21-9-14(15)10-22-13(4)27;1-5-14-18(25)23(4)15-10-21-16(22-17(15)24(14)11(2)3)13-6-7-20-9-12(13)8-19;1-2(3)4/h7-9,11-12,16H,6,10H2,1-5H3,(H,22,27);6-7,9-11,14H,5,8,19H2,1-4H3;1H3,(H,3,4)/t16-;14-;/m11./s1. The van der Waals surface area contributed by atoms with Crippen molar-refractivity contribution >= 4 is 46.7 Å². The van der Waals surface area contributed by atoms with Gasteiger partial charge in [-0.3, -0.25) is 29.1 Å². The number of rotatable bonds is 9. The van der Waals surface area contributed by atoms with E-state index in [1.807, 2.05) is 26.0 Å². The molecule has 57 heavy (non-hydrogen) atoms. The van der Waals surface area contributed by atoms with Gasteiger partial charge in [0.05, 0.1) is 12.4 Å². The van der Waals surface area contributed by atoms with Crippen molar-refractivity contribution in [3.8, 4) is 22.8 Å². The number of fused-ring (bicyclic) bond motifs is 2. The molecule has 6 heterocycles. The molecule has 4 N–H and O–H groups in total. The van der Waals surface area contributed by atoms with Crippen molar-refractivity contribution in [2.75, 3.05) is 33.7 Å². The summed E-state index contributed by atoms with van der Waals surface area (Å²) >= 11 is 0. The van der Waals surface area contributed by atoms with Crippen LogP contribution in [0.15, 0.2) is 49.3 Å². The summed E-state index contributed by atoms with van der Waals surface area (Å²) in [6.45, 7) is 15.6. The molecular weight excluding hydrogens is 729 g/mol. The van der Waals surface area contributed by atoms with E-state index in [1.54, 1.807) is 61.1 Å². The maximum atomic E-state index is 12.8. The number of carboxylic acid groups (broad SMARTS) is 1. The number of hydrogen-bond donors (Lipinski definition) is 3. The van der Waals surface area contributed by atoms with Gasteiger partial charge in [-0.15, -0.1) is 0 Å². The zero-order chi connectivity index (χ0) is 42.1. The van der Waals surface area contributed by atoms with Gasteiger partial charge in [-0.1, -0.05) is 13.8 Å². The van der Waals surface area contributed by atoms with Crippen LogP contribution in [0, 0.1) is 0 Å². The monoisotopic (exact) mass is 782 g/mol. The van der Waals surface area contributed by atoms with Crippen LogP contribution >= 0.6 is 0 Å². The number of amides is 3. The van der Waals surface area contributed by atoms with Gasteiger partial charge in [0.1, 0.15) is 23.5 Å². The molecule has 2 atom stereocenters. The summed E-state index contributed by atoms with van der Waals surface area (Å²) in [7, 11) is 3.54. The fraction of sp³-hybridized carbons (Fsp3) is 0.450. The summed E-state index contributed by atoms with van der Waals surface area (Å²) in [5.41, 5.74) is 10.7. The van der Waals surface area contributed by atoms with Crippen molar-refractivity contribution in [2.45, 2.75) is 105 Å². The second-order valence-electron chi connectivity index (χ2n) is 14.1. The van der Waals surface area contributed by atoms with Gasteiger partial charge < -0.3 is 35.8 Å². The number of aromatic nitrogens is 6. The number of carbonyl (C=O) groups is 4. The van der Waals surface area contributed by atoms with Gasteiger partial charge in [0.2, 0.25) is 17.7 Å². The number of carboxylic acids is 1. The number of pyridine rings is 2. The minimum atomic E-state index is -0.833. The number of anilines is 4. The van der Waals surface area contributed by atoms with E-state index >= 15 is 0 Å². The third-order valence-corrected chi connectivity index (χ3v) is 9.54. The number of nitrogens with one attached hydrogen (secondary N) is 1. The summed E-state index contributed by atoms with van der Waals surface area (Å²) in [4.78, 5) is 80.1. The molecule has 0 saturated heterocycles. The van der Waals surface area contributed by atoms with E-state index in [1.165, 1.54) is 6.92 Å². The lowest BCUT2D eigenvalue weighted by atomic mass is 10.0. The van der Waals surface area contributed by atoms with Crippen LogP contribution in [0.1, 0.15) is 79.4 Å². The van der Waals surface area contributed by atoms with E-state index in [0.29, 0.717) is 36.8 Å². The SMILES string of the molecule is CC(=O)O.CC[C@@H]1C(=O)N(C)c2cnc(-c3ccncc3CN)nc2N1C(C)C.CC[C@@H]1C(=O)N(C)c2cnc(-c3ccncc3CNC(C)=O)nc2N1C(C)C. The minimum absolute atomic E-state index is 0.0512. The number of nitrogens with zero attached hydrogens (tertiary/aromatic N) is 10. The van der Waals surface area contributed by atoms with Gasteiger partial charge in [-0.25, -0.2) is 19.9 Å². The van der Waals surface area contributed by atoms with Gasteiger partial charge in [-0.2, -0.15) is 0 Å². The molecule has 0 fully saturated rings. The first-order valence-corrected chi connectivity index (χ1v) is 18.9. The summed E-state index contributed by atoms with van der Waals surface area (Å²) < 4.78 is 0. The molecule has 17 heteroatoms. The molecule has 304 valence electrons. The Kier molecular flexibility index (Phi) is 14.7. The third kappa shape index (κ3) is 9.65. The van der Waals surface area contributed by atoms with E-state index in [-0.39, 0.29) is 41.9 Å². The van der Waals surface area contributed by atoms with Gasteiger partial charge in [0, 0.05) is 94.6 Å². The zero-order valence-corrected chi connectivity index (χ0v) is 34.4. The smallest absolute Gasteiger partial charge is 0.300 e. The molecule has 0 radical (unpaired) electrons. The Morgan fingerprint density at radius 1 is 0.754 bits per heavy atom. The quantitative estimate of drug-likeness (QED) is 0.217. The van der Waals surface area contributed by atoms with Crippen LogP contribution in [0.3, 0.4) is 0 Å². The van der Waals surface area contributed by atoms with E-state index in [0.717, 1.165) is 52.9 Å². The Morgan fingerprint density at radius 2 is 1.16 bits per heavy atom. The molecule has 0 aliphatic carbocycles. The first-order chi connectivity index (χ1) is 27.1. The fourth-order valence-electron chi connectivity index (χ4n) is 6.83. The number of hydrogen-bond acceptors (Lipinski definition) is 13. The number of nitrogens with two attached hydrogens (primary N) is 1. The largest absolute Gasteiger partial charge is 0.481 e. The first-order valence-electron chi connectivity index (χ1n) is 18.9. The number of aliphatic carboxylic acids is 1. The summed E-state index contributed by atoms with van der Waals surface area (Å²) in [5, 5.41) is 10.2. The lowest BCUT2D eigenvalue weighted by Gasteiger charge is -2.42. The fourth-order valence-corrected chi connectivity index (χ4v) is 6.83. The summed E-state index contributed by atoms with van der Waals surface area (Å²) in [5.74, 6) is 1.86. The molecule has 4 aromatic rings. The van der Waals surface area contributed by atoms with Crippen LogP contribution in [0.5, 0.6) is 0 Å². The highest BCUT2D eigenvalue weighted by molar-refractivity contribution is 6.05. The molecular formula is C40H54N12O5. The predicted octanol–water partition coefficient (Wildman–Crippen LogP) is 4.20. The van der Waals surface area contributed by atoms with Crippen molar-refractivity contribution in [3.05, 3.63) is 60.4 Å².